The number of H-pyrrole nitrogens is 1. The van der Waals surface area contributed by atoms with Gasteiger partial charge in [-0.1, -0.05) is 29.8 Å². The van der Waals surface area contributed by atoms with Gasteiger partial charge in [0.15, 0.2) is 0 Å². The molecule has 21 heavy (non-hydrogen) atoms. The Hall–Kier alpha value is -2.55. The van der Waals surface area contributed by atoms with Crippen LogP contribution in [0.2, 0.25) is 0 Å². The van der Waals surface area contributed by atoms with Gasteiger partial charge in [0.25, 0.3) is 5.91 Å². The number of amides is 1. The molecule has 1 N–H and O–H groups in total. The van der Waals surface area contributed by atoms with Crippen LogP contribution in [0.1, 0.15) is 22.8 Å². The third-order valence-electron chi connectivity index (χ3n) is 3.72. The Bertz CT molecular complexity index is 771. The van der Waals surface area contributed by atoms with Crippen molar-refractivity contribution >= 4 is 22.5 Å². The first kappa shape index (κ1) is 13.4. The molecule has 0 unspecified atom stereocenters. The van der Waals surface area contributed by atoms with E-state index in [1.165, 1.54) is 5.56 Å². The van der Waals surface area contributed by atoms with Gasteiger partial charge < -0.3 is 9.88 Å². The Morgan fingerprint density at radius 3 is 2.57 bits per heavy atom. The molecule has 1 amide bonds. The quantitative estimate of drug-likeness (QED) is 0.768. The summed E-state index contributed by atoms with van der Waals surface area (Å²) >= 11 is 0. The van der Waals surface area contributed by atoms with Gasteiger partial charge in [-0.2, -0.15) is 0 Å². The van der Waals surface area contributed by atoms with Gasteiger partial charge in [-0.15, -0.1) is 0 Å². The highest BCUT2D eigenvalue weighted by Gasteiger charge is 2.18. The van der Waals surface area contributed by atoms with Crippen LogP contribution in [0.3, 0.4) is 0 Å². The van der Waals surface area contributed by atoms with E-state index in [-0.39, 0.29) is 5.91 Å². The zero-order valence-electron chi connectivity index (χ0n) is 12.3. The Kier molecular flexibility index (Phi) is 3.48. The van der Waals surface area contributed by atoms with E-state index in [0.717, 1.165) is 16.6 Å². The SMILES string of the molecule is CCN(C(=O)c1cccc2cc[nH]c12)c1ccc(C)cc1. The molecule has 0 atom stereocenters. The average molecular weight is 278 g/mol. The minimum absolute atomic E-state index is 0.0226. The second-order valence-corrected chi connectivity index (χ2v) is 5.13. The van der Waals surface area contributed by atoms with E-state index < -0.39 is 0 Å². The normalized spacial score (nSPS) is 10.8. The maximum Gasteiger partial charge on any atom is 0.260 e. The second kappa shape index (κ2) is 5.44. The Morgan fingerprint density at radius 1 is 1.10 bits per heavy atom. The summed E-state index contributed by atoms with van der Waals surface area (Å²) in [7, 11) is 0. The predicted octanol–water partition coefficient (Wildman–Crippen LogP) is 4.14. The molecule has 3 heteroatoms. The number of benzene rings is 2. The monoisotopic (exact) mass is 278 g/mol. The van der Waals surface area contributed by atoms with E-state index in [1.807, 2.05) is 68.6 Å². The van der Waals surface area contributed by atoms with E-state index >= 15 is 0 Å². The number of hydrogen-bond donors (Lipinski definition) is 1. The molecule has 0 bridgehead atoms. The number of carbonyl (C=O) groups excluding carboxylic acids is 1. The van der Waals surface area contributed by atoms with Crippen LogP contribution in [0.15, 0.2) is 54.7 Å². The molecule has 3 aromatic rings. The molecule has 0 aliphatic rings. The van der Waals surface area contributed by atoms with Crippen molar-refractivity contribution in [3.8, 4) is 0 Å². The summed E-state index contributed by atoms with van der Waals surface area (Å²) < 4.78 is 0. The Balaban J connectivity index is 2.03. The number of fused-ring (bicyclic) bond motifs is 1. The van der Waals surface area contributed by atoms with Crippen molar-refractivity contribution in [3.05, 3.63) is 65.9 Å². The highest BCUT2D eigenvalue weighted by Crippen LogP contribution is 2.22. The molecule has 0 aliphatic carbocycles. The molecule has 1 heterocycles. The summed E-state index contributed by atoms with van der Waals surface area (Å²) in [6.07, 6.45) is 1.86. The van der Waals surface area contributed by atoms with Crippen molar-refractivity contribution < 1.29 is 4.79 Å². The van der Waals surface area contributed by atoms with E-state index in [9.17, 15) is 4.79 Å². The van der Waals surface area contributed by atoms with Gasteiger partial charge in [-0.05, 0) is 38.1 Å². The van der Waals surface area contributed by atoms with Crippen molar-refractivity contribution in [1.29, 1.82) is 0 Å². The van der Waals surface area contributed by atoms with Crippen molar-refractivity contribution in [2.75, 3.05) is 11.4 Å². The van der Waals surface area contributed by atoms with Crippen LogP contribution in [0.5, 0.6) is 0 Å². The number of aryl methyl sites for hydroxylation is 1. The number of para-hydroxylation sites is 1. The zero-order valence-corrected chi connectivity index (χ0v) is 12.3. The molecule has 1 aromatic heterocycles. The third kappa shape index (κ3) is 2.42. The lowest BCUT2D eigenvalue weighted by atomic mass is 10.1. The standard InChI is InChI=1S/C18H18N2O/c1-3-20(15-9-7-13(2)8-10-15)18(21)16-6-4-5-14-11-12-19-17(14)16/h4-12,19H,3H2,1-2H3. The van der Waals surface area contributed by atoms with Crippen molar-refractivity contribution in [3.63, 3.8) is 0 Å². The summed E-state index contributed by atoms with van der Waals surface area (Å²) in [4.78, 5) is 17.8. The van der Waals surface area contributed by atoms with Gasteiger partial charge in [-0.25, -0.2) is 0 Å². The van der Waals surface area contributed by atoms with Crippen molar-refractivity contribution in [2.45, 2.75) is 13.8 Å². The molecule has 0 spiro atoms. The molecule has 0 aliphatic heterocycles. The summed E-state index contributed by atoms with van der Waals surface area (Å²) in [6, 6.07) is 15.8. The van der Waals surface area contributed by atoms with Crippen LogP contribution in [0.4, 0.5) is 5.69 Å². The molecular formula is C18H18N2O. The van der Waals surface area contributed by atoms with Gasteiger partial charge in [0.2, 0.25) is 0 Å². The summed E-state index contributed by atoms with van der Waals surface area (Å²) in [6.45, 7) is 4.67. The smallest absolute Gasteiger partial charge is 0.260 e. The maximum atomic E-state index is 12.9. The lowest BCUT2D eigenvalue weighted by molar-refractivity contribution is 0.0990. The average Bonchev–Trinajstić information content (AvgIpc) is 2.98. The van der Waals surface area contributed by atoms with Gasteiger partial charge >= 0.3 is 0 Å². The summed E-state index contributed by atoms with van der Waals surface area (Å²) in [5.41, 5.74) is 3.72. The first-order valence-corrected chi connectivity index (χ1v) is 7.15. The highest BCUT2D eigenvalue weighted by atomic mass is 16.2. The molecule has 0 saturated carbocycles. The molecule has 0 fully saturated rings. The third-order valence-corrected chi connectivity index (χ3v) is 3.72. The van der Waals surface area contributed by atoms with E-state index in [2.05, 4.69) is 4.98 Å². The van der Waals surface area contributed by atoms with Crippen LogP contribution in [-0.4, -0.2) is 17.4 Å². The minimum atomic E-state index is 0.0226. The molecule has 3 nitrogen and oxygen atoms in total. The maximum absolute atomic E-state index is 12.9. The van der Waals surface area contributed by atoms with Crippen LogP contribution in [-0.2, 0) is 0 Å². The second-order valence-electron chi connectivity index (χ2n) is 5.13. The van der Waals surface area contributed by atoms with Gasteiger partial charge in [0.05, 0.1) is 11.1 Å². The predicted molar refractivity (Wildman–Crippen MR) is 86.8 cm³/mol. The van der Waals surface area contributed by atoms with Crippen LogP contribution < -0.4 is 4.90 Å². The number of hydrogen-bond acceptors (Lipinski definition) is 1. The van der Waals surface area contributed by atoms with Gasteiger partial charge in [0, 0.05) is 23.8 Å². The van der Waals surface area contributed by atoms with Gasteiger partial charge in [0.1, 0.15) is 0 Å². The van der Waals surface area contributed by atoms with E-state index in [1.54, 1.807) is 4.90 Å². The Morgan fingerprint density at radius 2 is 1.86 bits per heavy atom. The first-order chi connectivity index (χ1) is 10.2. The van der Waals surface area contributed by atoms with Crippen LogP contribution >= 0.6 is 0 Å². The fourth-order valence-electron chi connectivity index (χ4n) is 2.58. The number of rotatable bonds is 3. The molecule has 2 aromatic carbocycles. The summed E-state index contributed by atoms with van der Waals surface area (Å²) in [5.74, 6) is 0.0226. The number of aromatic nitrogens is 1. The van der Waals surface area contributed by atoms with Crippen molar-refractivity contribution in [2.24, 2.45) is 0 Å². The largest absolute Gasteiger partial charge is 0.361 e. The molecule has 3 rings (SSSR count). The fraction of sp³-hybridized carbons (Fsp3) is 0.167. The molecule has 0 saturated heterocycles. The Labute approximate surface area is 124 Å². The number of nitrogens with one attached hydrogen (secondary N) is 1. The van der Waals surface area contributed by atoms with E-state index in [0.29, 0.717) is 12.1 Å². The number of carbonyl (C=O) groups is 1. The molecule has 106 valence electrons. The number of nitrogens with zero attached hydrogens (tertiary/aromatic N) is 1. The number of anilines is 1. The highest BCUT2D eigenvalue weighted by molar-refractivity contribution is 6.13. The first-order valence-electron chi connectivity index (χ1n) is 7.15. The van der Waals surface area contributed by atoms with Crippen LogP contribution in [0.25, 0.3) is 10.9 Å². The van der Waals surface area contributed by atoms with E-state index in [4.69, 9.17) is 0 Å². The van der Waals surface area contributed by atoms with Gasteiger partial charge in [-0.3, -0.25) is 4.79 Å². The minimum Gasteiger partial charge on any atom is -0.361 e. The van der Waals surface area contributed by atoms with Crippen LogP contribution in [0, 0.1) is 6.92 Å². The summed E-state index contributed by atoms with van der Waals surface area (Å²) in [5, 5.41) is 1.06. The number of aromatic amines is 1. The lowest BCUT2D eigenvalue weighted by Gasteiger charge is -2.21. The van der Waals surface area contributed by atoms with Crippen molar-refractivity contribution in [1.82, 2.24) is 4.98 Å². The lowest BCUT2D eigenvalue weighted by Crippen LogP contribution is -2.30. The molecule has 0 radical (unpaired) electrons. The zero-order chi connectivity index (χ0) is 14.8. The fourth-order valence-corrected chi connectivity index (χ4v) is 2.58. The topological polar surface area (TPSA) is 36.1 Å². The molecular weight excluding hydrogens is 260 g/mol.